The van der Waals surface area contributed by atoms with Gasteiger partial charge in [-0.1, -0.05) is 30.3 Å². The molecule has 1 amide bonds. The van der Waals surface area contributed by atoms with Crippen molar-refractivity contribution in [2.45, 2.75) is 12.5 Å². The van der Waals surface area contributed by atoms with E-state index in [9.17, 15) is 13.6 Å². The number of benzene rings is 1. The Balaban J connectivity index is 2.86. The highest BCUT2D eigenvalue weighted by Gasteiger charge is 2.27. The molecule has 0 spiro atoms. The minimum atomic E-state index is -2.59. The largest absolute Gasteiger partial charge is 0.367 e. The summed E-state index contributed by atoms with van der Waals surface area (Å²) in [6.45, 7) is -0.428. The van der Waals surface area contributed by atoms with Crippen molar-refractivity contribution in [3.63, 3.8) is 0 Å². The summed E-state index contributed by atoms with van der Waals surface area (Å²) in [4.78, 5) is 13.2. The van der Waals surface area contributed by atoms with Crippen LogP contribution in [0.2, 0.25) is 0 Å². The highest BCUT2D eigenvalue weighted by Crippen LogP contribution is 2.19. The lowest BCUT2D eigenvalue weighted by Gasteiger charge is -2.26. The second-order valence-corrected chi connectivity index (χ2v) is 3.99. The van der Waals surface area contributed by atoms with Crippen molar-refractivity contribution in [3.8, 4) is 0 Å². The summed E-state index contributed by atoms with van der Waals surface area (Å²) in [5.74, 6) is -0.501. The second kappa shape index (κ2) is 7.81. The van der Waals surface area contributed by atoms with Gasteiger partial charge in [-0.25, -0.2) is 8.78 Å². The number of hydrogen-bond donors (Lipinski definition) is 1. The number of carbonyl (C=O) groups excluding carboxylic acids is 1. The van der Waals surface area contributed by atoms with Crippen LogP contribution < -0.4 is 5.73 Å². The van der Waals surface area contributed by atoms with Crippen molar-refractivity contribution in [3.05, 3.63) is 35.9 Å². The van der Waals surface area contributed by atoms with E-state index in [-0.39, 0.29) is 13.1 Å². The summed E-state index contributed by atoms with van der Waals surface area (Å²) in [6.07, 6.45) is -3.48. The maximum Gasteiger partial charge on any atom is 0.256 e. The Morgan fingerprint density at radius 3 is 2.47 bits per heavy atom. The Kier molecular flexibility index (Phi) is 6.38. The van der Waals surface area contributed by atoms with Crippen molar-refractivity contribution in [2.24, 2.45) is 5.73 Å². The summed E-state index contributed by atoms with van der Waals surface area (Å²) >= 11 is 0. The fourth-order valence-electron chi connectivity index (χ4n) is 1.79. The molecule has 1 aromatic carbocycles. The first-order valence-electron chi connectivity index (χ1n) is 5.95. The predicted octanol–water partition coefficient (Wildman–Crippen LogP) is 1.43. The lowest BCUT2D eigenvalue weighted by atomic mass is 10.1. The fraction of sp³-hybridized carbons (Fsp3) is 0.462. The number of halogens is 2. The van der Waals surface area contributed by atoms with Gasteiger partial charge in [0.1, 0.15) is 0 Å². The van der Waals surface area contributed by atoms with Crippen molar-refractivity contribution in [1.82, 2.24) is 4.90 Å². The lowest BCUT2D eigenvalue weighted by molar-refractivity contribution is -0.144. The lowest BCUT2D eigenvalue weighted by Crippen LogP contribution is -2.41. The number of alkyl halides is 2. The van der Waals surface area contributed by atoms with Crippen LogP contribution in [0.15, 0.2) is 30.3 Å². The van der Waals surface area contributed by atoms with Crippen molar-refractivity contribution in [1.29, 1.82) is 0 Å². The van der Waals surface area contributed by atoms with Crippen molar-refractivity contribution >= 4 is 5.91 Å². The van der Waals surface area contributed by atoms with Crippen LogP contribution >= 0.6 is 0 Å². The minimum Gasteiger partial charge on any atom is -0.367 e. The maximum absolute atomic E-state index is 12.5. The predicted molar refractivity (Wildman–Crippen MR) is 67.8 cm³/mol. The topological polar surface area (TPSA) is 55.6 Å². The van der Waals surface area contributed by atoms with Gasteiger partial charge in [0.15, 0.2) is 6.10 Å². The van der Waals surface area contributed by atoms with Crippen LogP contribution in [0.1, 0.15) is 11.7 Å². The van der Waals surface area contributed by atoms with E-state index in [1.54, 1.807) is 30.3 Å². The van der Waals surface area contributed by atoms with Crippen LogP contribution in [-0.2, 0) is 9.53 Å². The Morgan fingerprint density at radius 1 is 1.37 bits per heavy atom. The Labute approximate surface area is 111 Å². The Morgan fingerprint density at radius 2 is 2.00 bits per heavy atom. The van der Waals surface area contributed by atoms with Gasteiger partial charge in [-0.05, 0) is 5.56 Å². The van der Waals surface area contributed by atoms with E-state index in [1.165, 1.54) is 7.11 Å². The molecule has 0 saturated carbocycles. The van der Waals surface area contributed by atoms with Crippen LogP contribution in [0.25, 0.3) is 0 Å². The van der Waals surface area contributed by atoms with Gasteiger partial charge in [0, 0.05) is 20.2 Å². The number of carbonyl (C=O) groups is 1. The zero-order chi connectivity index (χ0) is 14.3. The molecule has 106 valence electrons. The number of nitrogens with two attached hydrogens (primary N) is 1. The van der Waals surface area contributed by atoms with Gasteiger partial charge in [0.2, 0.25) is 0 Å². The molecular weight excluding hydrogens is 254 g/mol. The van der Waals surface area contributed by atoms with E-state index in [1.807, 2.05) is 0 Å². The molecule has 0 saturated heterocycles. The van der Waals surface area contributed by atoms with Gasteiger partial charge in [-0.15, -0.1) is 0 Å². The normalized spacial score (nSPS) is 12.5. The number of methoxy groups -OCH3 is 1. The van der Waals surface area contributed by atoms with Crippen molar-refractivity contribution < 1.29 is 18.3 Å². The van der Waals surface area contributed by atoms with Crippen LogP contribution in [0.5, 0.6) is 0 Å². The molecule has 4 nitrogen and oxygen atoms in total. The van der Waals surface area contributed by atoms with Gasteiger partial charge >= 0.3 is 0 Å². The summed E-state index contributed by atoms with van der Waals surface area (Å²) in [7, 11) is 1.37. The zero-order valence-electron chi connectivity index (χ0n) is 10.8. The van der Waals surface area contributed by atoms with Gasteiger partial charge in [0.25, 0.3) is 12.3 Å². The van der Waals surface area contributed by atoms with Crippen LogP contribution in [0, 0.1) is 0 Å². The molecule has 6 heteroatoms. The van der Waals surface area contributed by atoms with E-state index in [4.69, 9.17) is 10.5 Å². The number of rotatable bonds is 7. The third kappa shape index (κ3) is 4.57. The van der Waals surface area contributed by atoms with E-state index < -0.39 is 25.0 Å². The molecule has 0 aliphatic carbocycles. The highest BCUT2D eigenvalue weighted by molar-refractivity contribution is 5.82. The second-order valence-electron chi connectivity index (χ2n) is 3.99. The molecule has 1 unspecified atom stereocenters. The molecule has 19 heavy (non-hydrogen) atoms. The van der Waals surface area contributed by atoms with Crippen molar-refractivity contribution in [2.75, 3.05) is 26.7 Å². The Bertz CT molecular complexity index is 387. The molecule has 1 rings (SSSR count). The molecular formula is C13H18F2N2O2. The standard InChI is InChI=1S/C13H18F2N2O2/c1-19-12(10-5-3-2-4-6-10)13(18)17(8-7-16)9-11(14)15/h2-6,11-12H,7-9,16H2,1H3. The number of nitrogens with zero attached hydrogens (tertiary/aromatic N) is 1. The number of amides is 1. The van der Waals surface area contributed by atoms with E-state index >= 15 is 0 Å². The van der Waals surface area contributed by atoms with E-state index in [2.05, 4.69) is 0 Å². The first-order chi connectivity index (χ1) is 9.10. The molecule has 0 aromatic heterocycles. The third-order valence-corrected chi connectivity index (χ3v) is 2.63. The third-order valence-electron chi connectivity index (χ3n) is 2.63. The smallest absolute Gasteiger partial charge is 0.256 e. The van der Waals surface area contributed by atoms with Crippen LogP contribution in [0.4, 0.5) is 8.78 Å². The molecule has 0 aliphatic rings. The number of ether oxygens (including phenoxy) is 1. The Hall–Kier alpha value is -1.53. The van der Waals surface area contributed by atoms with Gasteiger partial charge in [0.05, 0.1) is 6.54 Å². The monoisotopic (exact) mass is 272 g/mol. The average Bonchev–Trinajstić information content (AvgIpc) is 2.39. The first kappa shape index (κ1) is 15.5. The van der Waals surface area contributed by atoms with Gasteiger partial charge < -0.3 is 15.4 Å². The molecule has 0 aliphatic heterocycles. The van der Waals surface area contributed by atoms with E-state index in [0.29, 0.717) is 5.56 Å². The van der Waals surface area contributed by atoms with Crippen LogP contribution in [0.3, 0.4) is 0 Å². The van der Waals surface area contributed by atoms with Crippen LogP contribution in [-0.4, -0.2) is 44.0 Å². The minimum absolute atomic E-state index is 0.0792. The van der Waals surface area contributed by atoms with E-state index in [0.717, 1.165) is 4.90 Å². The first-order valence-corrected chi connectivity index (χ1v) is 5.95. The molecule has 0 heterocycles. The molecule has 1 atom stereocenters. The molecule has 1 aromatic rings. The summed E-state index contributed by atoms with van der Waals surface area (Å²) in [5.41, 5.74) is 5.97. The average molecular weight is 272 g/mol. The quantitative estimate of drug-likeness (QED) is 0.817. The summed E-state index contributed by atoms with van der Waals surface area (Å²) < 4.78 is 30.1. The highest BCUT2D eigenvalue weighted by atomic mass is 19.3. The van der Waals surface area contributed by atoms with Gasteiger partial charge in [-0.2, -0.15) is 0 Å². The molecule has 0 fully saturated rings. The molecule has 0 bridgehead atoms. The zero-order valence-corrected chi connectivity index (χ0v) is 10.8. The SMILES string of the molecule is COC(C(=O)N(CCN)CC(F)F)c1ccccc1. The van der Waals surface area contributed by atoms with Gasteiger partial charge in [-0.3, -0.25) is 4.79 Å². The molecule has 2 N–H and O–H groups in total. The maximum atomic E-state index is 12.5. The number of hydrogen-bond acceptors (Lipinski definition) is 3. The summed E-state index contributed by atoms with van der Waals surface area (Å²) in [6, 6.07) is 8.76. The molecule has 0 radical (unpaired) electrons. The fourth-order valence-corrected chi connectivity index (χ4v) is 1.79. The summed E-state index contributed by atoms with van der Waals surface area (Å²) in [5, 5.41) is 0.